The lowest BCUT2D eigenvalue weighted by Gasteiger charge is -2.03. The Balaban J connectivity index is 2.49. The third-order valence-electron chi connectivity index (χ3n) is 1.61. The highest BCUT2D eigenvalue weighted by Gasteiger charge is 2.15. The lowest BCUT2D eigenvalue weighted by atomic mass is 10.6. The van der Waals surface area contributed by atoms with Crippen molar-refractivity contribution >= 4 is 5.95 Å². The average Bonchev–Trinajstić information content (AvgIpc) is 2.35. The van der Waals surface area contributed by atoms with Crippen LogP contribution in [-0.4, -0.2) is 28.4 Å². The molecule has 1 aliphatic rings. The third kappa shape index (κ3) is 0.526. The van der Waals surface area contributed by atoms with E-state index in [1.165, 1.54) is 0 Å². The van der Waals surface area contributed by atoms with Crippen molar-refractivity contribution in [1.82, 2.24) is 14.8 Å². The highest BCUT2D eigenvalue weighted by Crippen LogP contribution is 2.13. The zero-order chi connectivity index (χ0) is 6.27. The fourth-order valence-corrected chi connectivity index (χ4v) is 1.06. The van der Waals surface area contributed by atoms with Crippen molar-refractivity contribution < 1.29 is 0 Å². The van der Waals surface area contributed by atoms with Crippen LogP contribution in [0.1, 0.15) is 0 Å². The number of aromatic nitrogens is 3. The maximum atomic E-state index is 3.92. The topological polar surface area (TPSA) is 34.0 Å². The molecule has 0 aliphatic carbocycles. The number of rotatable bonds is 0. The quantitative estimate of drug-likeness (QED) is 0.477. The van der Waals surface area contributed by atoms with Gasteiger partial charge in [-0.05, 0) is 0 Å². The molecule has 48 valence electrons. The van der Waals surface area contributed by atoms with E-state index >= 15 is 0 Å². The molecule has 9 heavy (non-hydrogen) atoms. The van der Waals surface area contributed by atoms with E-state index in [1.54, 1.807) is 6.33 Å². The van der Waals surface area contributed by atoms with E-state index in [2.05, 4.69) is 15.1 Å². The summed E-state index contributed by atoms with van der Waals surface area (Å²) in [5.41, 5.74) is 0. The Morgan fingerprint density at radius 1 is 1.56 bits per heavy atom. The van der Waals surface area contributed by atoms with Crippen molar-refractivity contribution in [1.29, 1.82) is 0 Å². The molecule has 2 heterocycles. The number of hydrogen-bond donors (Lipinski definition) is 0. The van der Waals surface area contributed by atoms with Gasteiger partial charge in [0.1, 0.15) is 6.33 Å². The number of hydrogen-bond acceptors (Lipinski definition) is 3. The molecule has 4 nitrogen and oxygen atoms in total. The first-order valence-electron chi connectivity index (χ1n) is 2.97. The van der Waals surface area contributed by atoms with Gasteiger partial charge in [-0.2, -0.15) is 0 Å². The van der Waals surface area contributed by atoms with Crippen molar-refractivity contribution in [3.63, 3.8) is 0 Å². The van der Waals surface area contributed by atoms with Crippen LogP contribution in [0.25, 0.3) is 0 Å². The molecule has 0 N–H and O–H groups in total. The standard InChI is InChI=1S/C5H8N4/c1-8-2-3-9-4-6-7-5(8)9/h4H,2-3H2,1H3. The number of fused-ring (bicyclic) bond motifs is 1. The van der Waals surface area contributed by atoms with E-state index in [0.717, 1.165) is 19.0 Å². The summed E-state index contributed by atoms with van der Waals surface area (Å²) in [5, 5.41) is 7.68. The first kappa shape index (κ1) is 4.78. The van der Waals surface area contributed by atoms with Gasteiger partial charge < -0.3 is 4.90 Å². The predicted octanol–water partition coefficient (Wildman–Crippen LogP) is -0.272. The number of likely N-dealkylation sites (N-methyl/N-ethyl adjacent to an activating group) is 1. The van der Waals surface area contributed by atoms with E-state index in [0.29, 0.717) is 0 Å². The van der Waals surface area contributed by atoms with Crippen molar-refractivity contribution in [2.24, 2.45) is 0 Å². The van der Waals surface area contributed by atoms with Crippen LogP contribution in [-0.2, 0) is 6.54 Å². The number of anilines is 1. The molecule has 0 atom stereocenters. The van der Waals surface area contributed by atoms with E-state index in [4.69, 9.17) is 0 Å². The molecule has 0 amide bonds. The maximum absolute atomic E-state index is 3.92. The van der Waals surface area contributed by atoms with Crippen LogP contribution in [0, 0.1) is 0 Å². The smallest absolute Gasteiger partial charge is 0.226 e. The maximum Gasteiger partial charge on any atom is 0.226 e. The minimum absolute atomic E-state index is 0.981. The molecule has 0 fully saturated rings. The van der Waals surface area contributed by atoms with Crippen molar-refractivity contribution in [2.45, 2.75) is 6.54 Å². The summed E-state index contributed by atoms with van der Waals surface area (Å²) < 4.78 is 2.04. The second-order valence-electron chi connectivity index (χ2n) is 2.25. The largest absolute Gasteiger partial charge is 0.342 e. The molecule has 0 saturated carbocycles. The lowest BCUT2D eigenvalue weighted by molar-refractivity contribution is 0.782. The molecule has 1 aromatic heterocycles. The van der Waals surface area contributed by atoms with Gasteiger partial charge >= 0.3 is 0 Å². The lowest BCUT2D eigenvalue weighted by Crippen LogP contribution is -2.13. The number of nitrogens with zero attached hydrogens (tertiary/aromatic N) is 4. The Morgan fingerprint density at radius 3 is 3.22 bits per heavy atom. The van der Waals surface area contributed by atoms with Gasteiger partial charge in [0, 0.05) is 20.1 Å². The second-order valence-corrected chi connectivity index (χ2v) is 2.25. The summed E-state index contributed by atoms with van der Waals surface area (Å²) >= 11 is 0. The molecular formula is C5H8N4. The molecule has 0 unspecified atom stereocenters. The monoisotopic (exact) mass is 124 g/mol. The van der Waals surface area contributed by atoms with E-state index in [9.17, 15) is 0 Å². The minimum Gasteiger partial charge on any atom is -0.342 e. The summed E-state index contributed by atoms with van der Waals surface area (Å²) in [5.74, 6) is 0.981. The van der Waals surface area contributed by atoms with Gasteiger partial charge in [-0.3, -0.25) is 4.57 Å². The fourth-order valence-electron chi connectivity index (χ4n) is 1.06. The van der Waals surface area contributed by atoms with E-state index < -0.39 is 0 Å². The van der Waals surface area contributed by atoms with Crippen LogP contribution in [0.3, 0.4) is 0 Å². The normalized spacial score (nSPS) is 16.3. The van der Waals surface area contributed by atoms with E-state index in [-0.39, 0.29) is 0 Å². The molecule has 0 saturated heterocycles. The molecule has 0 radical (unpaired) electrons. The summed E-state index contributed by atoms with van der Waals surface area (Å²) in [6.45, 7) is 2.09. The molecule has 0 spiro atoms. The SMILES string of the molecule is CN1CCn2cnnc21. The second kappa shape index (κ2) is 1.46. The molecule has 4 heteroatoms. The van der Waals surface area contributed by atoms with Crippen LogP contribution >= 0.6 is 0 Å². The fraction of sp³-hybridized carbons (Fsp3) is 0.600. The zero-order valence-corrected chi connectivity index (χ0v) is 5.28. The first-order valence-corrected chi connectivity index (χ1v) is 2.97. The van der Waals surface area contributed by atoms with Gasteiger partial charge in [0.25, 0.3) is 0 Å². The van der Waals surface area contributed by atoms with Crippen LogP contribution in [0.15, 0.2) is 6.33 Å². The molecule has 0 aromatic carbocycles. The average molecular weight is 124 g/mol. The Bertz CT molecular complexity index is 216. The van der Waals surface area contributed by atoms with Crippen molar-refractivity contribution in [2.75, 3.05) is 18.5 Å². The minimum atomic E-state index is 0.981. The molecule has 1 aliphatic heterocycles. The van der Waals surface area contributed by atoms with Gasteiger partial charge in [-0.15, -0.1) is 10.2 Å². The highest BCUT2D eigenvalue weighted by atomic mass is 15.4. The Morgan fingerprint density at radius 2 is 2.44 bits per heavy atom. The molecule has 1 aromatic rings. The van der Waals surface area contributed by atoms with Crippen LogP contribution in [0.4, 0.5) is 5.95 Å². The summed E-state index contributed by atoms with van der Waals surface area (Å²) in [7, 11) is 2.02. The van der Waals surface area contributed by atoms with Crippen LogP contribution in [0.5, 0.6) is 0 Å². The van der Waals surface area contributed by atoms with Crippen molar-refractivity contribution in [3.05, 3.63) is 6.33 Å². The molecule has 2 rings (SSSR count). The Labute approximate surface area is 53.1 Å². The molecule has 0 bridgehead atoms. The zero-order valence-electron chi connectivity index (χ0n) is 5.28. The highest BCUT2D eigenvalue weighted by molar-refractivity contribution is 5.31. The predicted molar refractivity (Wildman–Crippen MR) is 33.3 cm³/mol. The van der Waals surface area contributed by atoms with Gasteiger partial charge in [-0.25, -0.2) is 0 Å². The first-order chi connectivity index (χ1) is 4.38. The summed E-state index contributed by atoms with van der Waals surface area (Å²) in [6, 6.07) is 0. The van der Waals surface area contributed by atoms with Gasteiger partial charge in [0.15, 0.2) is 0 Å². The van der Waals surface area contributed by atoms with Gasteiger partial charge in [0.2, 0.25) is 5.95 Å². The van der Waals surface area contributed by atoms with Crippen molar-refractivity contribution in [3.8, 4) is 0 Å². The van der Waals surface area contributed by atoms with Gasteiger partial charge in [-0.1, -0.05) is 0 Å². The van der Waals surface area contributed by atoms with Crippen LogP contribution < -0.4 is 4.90 Å². The summed E-state index contributed by atoms with van der Waals surface area (Å²) in [6.07, 6.45) is 1.76. The van der Waals surface area contributed by atoms with Gasteiger partial charge in [0.05, 0.1) is 0 Å². The Kier molecular flexibility index (Phi) is 0.777. The molecular weight excluding hydrogens is 116 g/mol. The summed E-state index contributed by atoms with van der Waals surface area (Å²) in [4.78, 5) is 2.09. The Hall–Kier alpha value is -1.06. The van der Waals surface area contributed by atoms with Crippen LogP contribution in [0.2, 0.25) is 0 Å². The van der Waals surface area contributed by atoms with E-state index in [1.807, 2.05) is 11.6 Å². The third-order valence-corrected chi connectivity index (χ3v) is 1.61.